The van der Waals surface area contributed by atoms with Crippen LogP contribution in [0, 0.1) is 6.92 Å². The predicted octanol–water partition coefficient (Wildman–Crippen LogP) is 4.83. The van der Waals surface area contributed by atoms with E-state index in [0.29, 0.717) is 14.8 Å². The lowest BCUT2D eigenvalue weighted by Gasteiger charge is -2.04. The van der Waals surface area contributed by atoms with E-state index in [1.165, 1.54) is 23.5 Å². The molecule has 0 aliphatic rings. The van der Waals surface area contributed by atoms with E-state index in [9.17, 15) is 4.79 Å². The zero-order chi connectivity index (χ0) is 13.4. The van der Waals surface area contributed by atoms with Gasteiger partial charge in [-0.1, -0.05) is 34.8 Å². The molecule has 0 amide bonds. The molecule has 0 fully saturated rings. The number of aryl methyl sites for hydroxylation is 1. The maximum absolute atomic E-state index is 12.2. The van der Waals surface area contributed by atoms with Crippen molar-refractivity contribution >= 4 is 57.6 Å². The second-order valence-corrected chi connectivity index (χ2v) is 6.20. The highest BCUT2D eigenvalue weighted by Crippen LogP contribution is 2.33. The maximum atomic E-state index is 12.2. The Morgan fingerprint density at radius 2 is 1.89 bits per heavy atom. The first-order valence-corrected chi connectivity index (χ1v) is 6.90. The van der Waals surface area contributed by atoms with Crippen LogP contribution in [-0.4, -0.2) is 5.78 Å². The summed E-state index contributed by atoms with van der Waals surface area (Å²) in [6.07, 6.45) is 0. The largest absolute Gasteiger partial charge is 0.397 e. The van der Waals surface area contributed by atoms with Gasteiger partial charge in [-0.25, -0.2) is 0 Å². The van der Waals surface area contributed by atoms with Crippen LogP contribution in [0.15, 0.2) is 18.2 Å². The number of hydrogen-bond donors (Lipinski definition) is 1. The van der Waals surface area contributed by atoms with Crippen LogP contribution in [-0.2, 0) is 0 Å². The van der Waals surface area contributed by atoms with E-state index in [2.05, 4.69) is 0 Å². The number of nitrogens with two attached hydrogens (primary N) is 1. The van der Waals surface area contributed by atoms with E-state index in [1.807, 2.05) is 6.92 Å². The molecule has 2 aromatic rings. The number of halogens is 3. The fraction of sp³-hybridized carbons (Fsp3) is 0.0833. The van der Waals surface area contributed by atoms with Crippen molar-refractivity contribution in [3.05, 3.63) is 48.6 Å². The highest BCUT2D eigenvalue weighted by molar-refractivity contribution is 7.18. The van der Waals surface area contributed by atoms with E-state index < -0.39 is 0 Å². The monoisotopic (exact) mass is 319 g/mol. The third-order valence-corrected chi connectivity index (χ3v) is 4.77. The third kappa shape index (κ3) is 2.50. The normalized spacial score (nSPS) is 10.7. The van der Waals surface area contributed by atoms with Gasteiger partial charge in [0.2, 0.25) is 5.78 Å². The van der Waals surface area contributed by atoms with Crippen molar-refractivity contribution in [3.8, 4) is 0 Å². The highest BCUT2D eigenvalue weighted by Gasteiger charge is 2.16. The van der Waals surface area contributed by atoms with Crippen LogP contribution in [0.5, 0.6) is 0 Å². The van der Waals surface area contributed by atoms with Gasteiger partial charge in [-0.3, -0.25) is 4.79 Å². The summed E-state index contributed by atoms with van der Waals surface area (Å²) in [6, 6.07) is 4.76. The quantitative estimate of drug-likeness (QED) is 0.636. The summed E-state index contributed by atoms with van der Waals surface area (Å²) in [5, 5.41) is 0.521. The van der Waals surface area contributed by atoms with Crippen molar-refractivity contribution in [2.45, 2.75) is 6.92 Å². The highest BCUT2D eigenvalue weighted by atomic mass is 35.5. The molecule has 0 bridgehead atoms. The van der Waals surface area contributed by atoms with E-state index >= 15 is 0 Å². The summed E-state index contributed by atoms with van der Waals surface area (Å²) in [7, 11) is 0. The lowest BCUT2D eigenvalue weighted by atomic mass is 10.1. The zero-order valence-electron chi connectivity index (χ0n) is 9.26. The van der Waals surface area contributed by atoms with Gasteiger partial charge in [-0.2, -0.15) is 0 Å². The summed E-state index contributed by atoms with van der Waals surface area (Å²) in [5.74, 6) is -0.166. The minimum absolute atomic E-state index is 0.166. The number of nitrogen functional groups attached to an aromatic ring is 1. The average molecular weight is 321 g/mol. The smallest absolute Gasteiger partial charge is 0.203 e. The molecule has 94 valence electrons. The number of benzene rings is 1. The molecule has 0 unspecified atom stereocenters. The molecule has 1 aromatic carbocycles. The predicted molar refractivity (Wildman–Crippen MR) is 78.4 cm³/mol. The van der Waals surface area contributed by atoms with Crippen molar-refractivity contribution < 1.29 is 4.79 Å². The number of rotatable bonds is 2. The van der Waals surface area contributed by atoms with E-state index in [0.717, 1.165) is 5.56 Å². The molecule has 0 aliphatic carbocycles. The fourth-order valence-corrected chi connectivity index (χ4v) is 2.95. The zero-order valence-corrected chi connectivity index (χ0v) is 12.3. The molecule has 2 rings (SSSR count). The molecule has 6 heteroatoms. The Bertz CT molecular complexity index is 594. The molecule has 0 saturated heterocycles. The lowest BCUT2D eigenvalue weighted by Crippen LogP contribution is -2.00. The fourth-order valence-electron chi connectivity index (χ4n) is 1.46. The van der Waals surface area contributed by atoms with Crippen LogP contribution in [0.25, 0.3) is 0 Å². The van der Waals surface area contributed by atoms with Crippen LogP contribution in [0.4, 0.5) is 5.69 Å². The first kappa shape index (κ1) is 13.7. The van der Waals surface area contributed by atoms with Crippen molar-refractivity contribution in [2.75, 3.05) is 5.73 Å². The Labute approximate surface area is 123 Å². The van der Waals surface area contributed by atoms with E-state index in [4.69, 9.17) is 40.5 Å². The number of thiophene rings is 1. The summed E-state index contributed by atoms with van der Waals surface area (Å²) < 4.78 is 0.603. The lowest BCUT2D eigenvalue weighted by molar-refractivity contribution is 0.104. The summed E-state index contributed by atoms with van der Waals surface area (Å²) in [5.41, 5.74) is 7.24. The van der Waals surface area contributed by atoms with Gasteiger partial charge in [0.05, 0.1) is 24.9 Å². The summed E-state index contributed by atoms with van der Waals surface area (Å²) >= 11 is 18.9. The van der Waals surface area contributed by atoms with Gasteiger partial charge in [0.15, 0.2) is 0 Å². The standard InChI is InChI=1S/C12H8Cl3NOS/c1-5-2-9(18-12(5)15)11(17)6-3-7(13)10(14)8(16)4-6/h2-4H,16H2,1H3. The molecule has 0 aliphatic heterocycles. The Hall–Kier alpha value is -0.740. The van der Waals surface area contributed by atoms with Gasteiger partial charge >= 0.3 is 0 Å². The van der Waals surface area contributed by atoms with Gasteiger partial charge in [-0.15, -0.1) is 11.3 Å². The number of carbonyl (C=O) groups excluding carboxylic acids is 1. The SMILES string of the molecule is Cc1cc(C(=O)c2cc(N)c(Cl)c(Cl)c2)sc1Cl. The van der Waals surface area contributed by atoms with Crippen molar-refractivity contribution in [3.63, 3.8) is 0 Å². The minimum Gasteiger partial charge on any atom is -0.397 e. The second-order valence-electron chi connectivity index (χ2n) is 3.76. The molecule has 0 saturated carbocycles. The second kappa shape index (κ2) is 5.10. The van der Waals surface area contributed by atoms with Crippen LogP contribution in [0.2, 0.25) is 14.4 Å². The van der Waals surface area contributed by atoms with E-state index in [-0.39, 0.29) is 21.5 Å². The first-order valence-electron chi connectivity index (χ1n) is 4.95. The van der Waals surface area contributed by atoms with Crippen molar-refractivity contribution in [1.82, 2.24) is 0 Å². The Morgan fingerprint density at radius 1 is 1.22 bits per heavy atom. The van der Waals surface area contributed by atoms with Crippen molar-refractivity contribution in [1.29, 1.82) is 0 Å². The molecule has 18 heavy (non-hydrogen) atoms. The first-order chi connectivity index (χ1) is 8.40. The molecular weight excluding hydrogens is 313 g/mol. The van der Waals surface area contributed by atoms with Crippen LogP contribution in [0.3, 0.4) is 0 Å². The van der Waals surface area contributed by atoms with E-state index in [1.54, 1.807) is 6.07 Å². The molecule has 0 radical (unpaired) electrons. The van der Waals surface area contributed by atoms with Gasteiger partial charge in [0.25, 0.3) is 0 Å². The van der Waals surface area contributed by atoms with Crippen LogP contribution < -0.4 is 5.73 Å². The maximum Gasteiger partial charge on any atom is 0.203 e. The van der Waals surface area contributed by atoms with Crippen LogP contribution >= 0.6 is 46.1 Å². The van der Waals surface area contributed by atoms with Crippen LogP contribution in [0.1, 0.15) is 20.8 Å². The average Bonchev–Trinajstić information content (AvgIpc) is 2.65. The molecule has 0 spiro atoms. The number of ketones is 1. The molecular formula is C12H8Cl3NOS. The van der Waals surface area contributed by atoms with Crippen molar-refractivity contribution in [2.24, 2.45) is 0 Å². The third-order valence-electron chi connectivity index (χ3n) is 2.40. The molecule has 1 heterocycles. The summed E-state index contributed by atoms with van der Waals surface area (Å²) in [6.45, 7) is 1.85. The molecule has 0 atom stereocenters. The van der Waals surface area contributed by atoms with Gasteiger partial charge in [0.1, 0.15) is 0 Å². The molecule has 2 nitrogen and oxygen atoms in total. The topological polar surface area (TPSA) is 43.1 Å². The van der Waals surface area contributed by atoms with Gasteiger partial charge in [-0.05, 0) is 30.7 Å². The van der Waals surface area contributed by atoms with Gasteiger partial charge in [0, 0.05) is 5.56 Å². The number of anilines is 1. The Morgan fingerprint density at radius 3 is 2.39 bits per heavy atom. The number of hydrogen-bond acceptors (Lipinski definition) is 3. The molecule has 1 aromatic heterocycles. The molecule has 2 N–H and O–H groups in total. The Kier molecular flexibility index (Phi) is 3.87. The minimum atomic E-state index is -0.166. The van der Waals surface area contributed by atoms with Gasteiger partial charge < -0.3 is 5.73 Å². The Balaban J connectivity index is 2.46. The number of carbonyl (C=O) groups is 1. The summed E-state index contributed by atoms with van der Waals surface area (Å²) in [4.78, 5) is 12.8.